The molecule has 0 saturated heterocycles. The molecule has 3 heteroatoms. The quantitative estimate of drug-likeness (QED) is 0.162. The molecule has 0 aliphatic carbocycles. The van der Waals surface area contributed by atoms with Crippen LogP contribution < -0.4 is 4.90 Å². The van der Waals surface area contributed by atoms with E-state index in [0.29, 0.717) is 0 Å². The van der Waals surface area contributed by atoms with E-state index in [-0.39, 0.29) is 0 Å². The van der Waals surface area contributed by atoms with Gasteiger partial charge in [-0.05, 0) is 87.4 Å². The number of para-hydroxylation sites is 2. The summed E-state index contributed by atoms with van der Waals surface area (Å²) in [6.07, 6.45) is 0. The summed E-state index contributed by atoms with van der Waals surface area (Å²) in [4.78, 5) is 2.26. The Balaban J connectivity index is 1.08. The van der Waals surface area contributed by atoms with E-state index in [0.717, 1.165) is 88.9 Å². The average molecular weight is 704 g/mol. The van der Waals surface area contributed by atoms with Gasteiger partial charge in [-0.2, -0.15) is 0 Å². The molecule has 0 atom stereocenters. The molecule has 3 nitrogen and oxygen atoms in total. The van der Waals surface area contributed by atoms with Crippen molar-refractivity contribution in [3.63, 3.8) is 0 Å². The summed E-state index contributed by atoms with van der Waals surface area (Å²) >= 11 is 0. The van der Waals surface area contributed by atoms with E-state index >= 15 is 0 Å². The number of benzene rings is 9. The maximum atomic E-state index is 7.03. The van der Waals surface area contributed by atoms with E-state index in [1.807, 2.05) is 18.2 Å². The van der Waals surface area contributed by atoms with Gasteiger partial charge in [0.25, 0.3) is 0 Å². The molecule has 0 saturated carbocycles. The van der Waals surface area contributed by atoms with E-state index in [2.05, 4.69) is 187 Å². The third-order valence-electron chi connectivity index (χ3n) is 10.8. The number of nitrogens with zero attached hydrogens (tertiary/aromatic N) is 1. The van der Waals surface area contributed by atoms with Gasteiger partial charge in [0.15, 0.2) is 0 Å². The van der Waals surface area contributed by atoms with Crippen LogP contribution in [0.1, 0.15) is 0 Å². The third kappa shape index (κ3) is 5.13. The Labute approximate surface area is 317 Å². The summed E-state index contributed by atoms with van der Waals surface area (Å²) in [5.74, 6) is 0.881. The van der Waals surface area contributed by atoms with Gasteiger partial charge in [0, 0.05) is 55.8 Å². The maximum Gasteiger partial charge on any atom is 0.143 e. The number of furan rings is 2. The molecule has 2 aromatic heterocycles. The first-order valence-corrected chi connectivity index (χ1v) is 18.7. The van der Waals surface area contributed by atoms with Gasteiger partial charge >= 0.3 is 0 Å². The van der Waals surface area contributed by atoms with Crippen molar-refractivity contribution in [2.24, 2.45) is 0 Å². The Morgan fingerprint density at radius 2 is 0.818 bits per heavy atom. The van der Waals surface area contributed by atoms with E-state index in [1.54, 1.807) is 0 Å². The summed E-state index contributed by atoms with van der Waals surface area (Å²) in [5.41, 5.74) is 11.3. The van der Waals surface area contributed by atoms with Crippen molar-refractivity contribution < 1.29 is 8.83 Å². The zero-order valence-electron chi connectivity index (χ0n) is 29.8. The van der Waals surface area contributed by atoms with Crippen molar-refractivity contribution in [2.75, 3.05) is 4.90 Å². The summed E-state index contributed by atoms with van der Waals surface area (Å²) in [6, 6.07) is 70.5. The third-order valence-corrected chi connectivity index (χ3v) is 10.8. The van der Waals surface area contributed by atoms with Crippen molar-refractivity contribution in [2.45, 2.75) is 0 Å². The van der Waals surface area contributed by atoms with Crippen LogP contribution in [0.2, 0.25) is 0 Å². The lowest BCUT2D eigenvalue weighted by atomic mass is 9.91. The standard InChI is InChI=1S/C52H33NO2/c1-5-15-34(16-6-1)49-50-45-24-14-13-23-41(45)42-28-25-36(31-46(42)52(50)55-51(49)35-17-7-2-8-18-35)37-26-29-43-44-30-27-40(33-48(44)54-47(43)32-37)53(38-19-9-3-10-20-38)39-21-11-4-12-22-39/h1-33H. The van der Waals surface area contributed by atoms with Crippen LogP contribution in [0, 0.1) is 0 Å². The van der Waals surface area contributed by atoms with Crippen LogP contribution >= 0.6 is 0 Å². The second-order valence-electron chi connectivity index (χ2n) is 14.0. The van der Waals surface area contributed by atoms with Gasteiger partial charge in [0.05, 0.1) is 0 Å². The first-order chi connectivity index (χ1) is 27.3. The van der Waals surface area contributed by atoms with E-state index in [1.165, 1.54) is 16.2 Å². The number of anilines is 3. The first kappa shape index (κ1) is 31.2. The van der Waals surface area contributed by atoms with Crippen LogP contribution in [0.25, 0.3) is 88.0 Å². The Bertz CT molecular complexity index is 3140. The van der Waals surface area contributed by atoms with Crippen molar-refractivity contribution in [1.29, 1.82) is 0 Å². The van der Waals surface area contributed by atoms with Gasteiger partial charge in [-0.25, -0.2) is 0 Å². The lowest BCUT2D eigenvalue weighted by Crippen LogP contribution is -2.09. The first-order valence-electron chi connectivity index (χ1n) is 18.7. The van der Waals surface area contributed by atoms with Crippen LogP contribution in [0.4, 0.5) is 17.1 Å². The monoisotopic (exact) mass is 703 g/mol. The highest BCUT2D eigenvalue weighted by Crippen LogP contribution is 2.48. The minimum Gasteiger partial charge on any atom is -0.456 e. The summed E-state index contributed by atoms with van der Waals surface area (Å²) in [6.45, 7) is 0. The van der Waals surface area contributed by atoms with Gasteiger partial charge < -0.3 is 13.7 Å². The fourth-order valence-electron chi connectivity index (χ4n) is 8.32. The Morgan fingerprint density at radius 1 is 0.309 bits per heavy atom. The molecule has 258 valence electrons. The van der Waals surface area contributed by atoms with Crippen molar-refractivity contribution in [3.8, 4) is 33.6 Å². The highest BCUT2D eigenvalue weighted by atomic mass is 16.3. The molecule has 55 heavy (non-hydrogen) atoms. The van der Waals surface area contributed by atoms with Crippen LogP contribution in [0.15, 0.2) is 209 Å². The van der Waals surface area contributed by atoms with Crippen LogP contribution in [-0.2, 0) is 0 Å². The molecule has 0 bridgehead atoms. The molecule has 9 aromatic carbocycles. The molecular weight excluding hydrogens is 671 g/mol. The smallest absolute Gasteiger partial charge is 0.143 e. The molecule has 0 N–H and O–H groups in total. The molecule has 0 amide bonds. The largest absolute Gasteiger partial charge is 0.456 e. The van der Waals surface area contributed by atoms with Crippen molar-refractivity contribution in [3.05, 3.63) is 200 Å². The zero-order chi connectivity index (χ0) is 36.3. The highest BCUT2D eigenvalue weighted by Gasteiger charge is 2.23. The van der Waals surface area contributed by atoms with Crippen molar-refractivity contribution in [1.82, 2.24) is 0 Å². The molecule has 0 fully saturated rings. The van der Waals surface area contributed by atoms with E-state index in [9.17, 15) is 0 Å². The molecule has 0 spiro atoms. The molecule has 11 rings (SSSR count). The fourth-order valence-corrected chi connectivity index (χ4v) is 8.32. The Kier molecular flexibility index (Phi) is 7.17. The number of hydrogen-bond donors (Lipinski definition) is 0. The minimum atomic E-state index is 0.852. The minimum absolute atomic E-state index is 0.852. The lowest BCUT2D eigenvalue weighted by Gasteiger charge is -2.25. The zero-order valence-corrected chi connectivity index (χ0v) is 29.8. The number of hydrogen-bond acceptors (Lipinski definition) is 3. The highest BCUT2D eigenvalue weighted by molar-refractivity contribution is 6.29. The van der Waals surface area contributed by atoms with E-state index in [4.69, 9.17) is 8.83 Å². The topological polar surface area (TPSA) is 29.5 Å². The second kappa shape index (κ2) is 12.6. The molecule has 0 aliphatic heterocycles. The van der Waals surface area contributed by atoms with Gasteiger partial charge in [-0.1, -0.05) is 140 Å². The lowest BCUT2D eigenvalue weighted by molar-refractivity contribution is 0.636. The predicted molar refractivity (Wildman–Crippen MR) is 229 cm³/mol. The molecule has 11 aromatic rings. The summed E-state index contributed by atoms with van der Waals surface area (Å²) < 4.78 is 13.7. The summed E-state index contributed by atoms with van der Waals surface area (Å²) in [5, 5.41) is 7.96. The number of fused-ring (bicyclic) bond motifs is 9. The molecule has 0 unspecified atom stereocenters. The van der Waals surface area contributed by atoms with Crippen LogP contribution in [0.5, 0.6) is 0 Å². The second-order valence-corrected chi connectivity index (χ2v) is 14.0. The Morgan fingerprint density at radius 3 is 1.49 bits per heavy atom. The van der Waals surface area contributed by atoms with E-state index < -0.39 is 0 Å². The van der Waals surface area contributed by atoms with Gasteiger partial charge in [0.2, 0.25) is 0 Å². The Hall–Kier alpha value is -7.36. The predicted octanol–water partition coefficient (Wildman–Crippen LogP) is 15.1. The maximum absolute atomic E-state index is 7.03. The van der Waals surface area contributed by atoms with Gasteiger partial charge in [0.1, 0.15) is 22.5 Å². The summed E-state index contributed by atoms with van der Waals surface area (Å²) in [7, 11) is 0. The number of rotatable bonds is 6. The average Bonchev–Trinajstić information content (AvgIpc) is 3.84. The molecule has 2 heterocycles. The molecule has 0 aliphatic rings. The normalized spacial score (nSPS) is 11.6. The van der Waals surface area contributed by atoms with Crippen LogP contribution in [-0.4, -0.2) is 0 Å². The van der Waals surface area contributed by atoms with Crippen molar-refractivity contribution >= 4 is 71.5 Å². The SMILES string of the molecule is c1ccc(-c2oc3c4cc(-c5ccc6c(c5)oc5cc(N(c7ccccc7)c7ccccc7)ccc56)ccc4c4ccccc4c3c2-c2ccccc2)cc1. The molecular formula is C52H33NO2. The fraction of sp³-hybridized carbons (Fsp3) is 0. The van der Waals surface area contributed by atoms with Crippen LogP contribution in [0.3, 0.4) is 0 Å². The van der Waals surface area contributed by atoms with Gasteiger partial charge in [-0.15, -0.1) is 0 Å². The van der Waals surface area contributed by atoms with Gasteiger partial charge in [-0.3, -0.25) is 0 Å². The molecule has 0 radical (unpaired) electrons.